The van der Waals surface area contributed by atoms with Crippen LogP contribution in [0.5, 0.6) is 5.75 Å². The predicted molar refractivity (Wildman–Crippen MR) is 75.1 cm³/mol. The van der Waals surface area contributed by atoms with Crippen LogP contribution in [0.1, 0.15) is 37.0 Å². The second-order valence-electron chi connectivity index (χ2n) is 5.23. The summed E-state index contributed by atoms with van der Waals surface area (Å²) in [6, 6.07) is 4.25. The maximum atomic E-state index is 9.97. The topological polar surface area (TPSA) is 41.5 Å². The molecule has 1 rings (SSSR count). The van der Waals surface area contributed by atoms with Gasteiger partial charge >= 0.3 is 0 Å². The van der Waals surface area contributed by atoms with E-state index in [1.165, 1.54) is 5.56 Å². The van der Waals surface area contributed by atoms with Crippen molar-refractivity contribution in [3.8, 4) is 5.75 Å². The van der Waals surface area contributed by atoms with Crippen molar-refractivity contribution >= 4 is 0 Å². The van der Waals surface area contributed by atoms with Crippen molar-refractivity contribution in [3.05, 3.63) is 28.8 Å². The van der Waals surface area contributed by atoms with Crippen LogP contribution in [0.25, 0.3) is 0 Å². The lowest BCUT2D eigenvalue weighted by atomic mass is 10.0. The van der Waals surface area contributed by atoms with Gasteiger partial charge in [0.2, 0.25) is 0 Å². The SMILES string of the molecule is CCC(C)(O)COc1c(C)cc(CNC)cc1C. The van der Waals surface area contributed by atoms with E-state index in [1.807, 2.05) is 27.8 Å². The van der Waals surface area contributed by atoms with E-state index in [-0.39, 0.29) is 0 Å². The smallest absolute Gasteiger partial charge is 0.125 e. The highest BCUT2D eigenvalue weighted by molar-refractivity contribution is 5.43. The molecule has 0 spiro atoms. The molecule has 0 aliphatic carbocycles. The quantitative estimate of drug-likeness (QED) is 0.816. The molecule has 0 bridgehead atoms. The van der Waals surface area contributed by atoms with Gasteiger partial charge in [-0.05, 0) is 50.9 Å². The van der Waals surface area contributed by atoms with E-state index in [4.69, 9.17) is 4.74 Å². The second-order valence-corrected chi connectivity index (χ2v) is 5.23. The summed E-state index contributed by atoms with van der Waals surface area (Å²) in [5.41, 5.74) is 2.73. The van der Waals surface area contributed by atoms with E-state index in [0.717, 1.165) is 23.4 Å². The molecule has 3 nitrogen and oxygen atoms in total. The third-order valence-corrected chi connectivity index (χ3v) is 3.19. The summed E-state index contributed by atoms with van der Waals surface area (Å²) in [5.74, 6) is 0.892. The number of aryl methyl sites for hydroxylation is 2. The Balaban J connectivity index is 2.84. The van der Waals surface area contributed by atoms with Gasteiger partial charge in [0.15, 0.2) is 0 Å². The van der Waals surface area contributed by atoms with E-state index in [0.29, 0.717) is 13.0 Å². The molecule has 0 saturated heterocycles. The summed E-state index contributed by atoms with van der Waals surface area (Å²) in [5, 5.41) is 13.1. The van der Waals surface area contributed by atoms with Gasteiger partial charge in [-0.25, -0.2) is 0 Å². The standard InChI is InChI=1S/C15H25NO2/c1-6-15(4,17)10-18-14-11(2)7-13(9-16-5)8-12(14)3/h7-8,16-17H,6,9-10H2,1-5H3. The van der Waals surface area contributed by atoms with Gasteiger partial charge in [-0.15, -0.1) is 0 Å². The Hall–Kier alpha value is -1.06. The fourth-order valence-electron chi connectivity index (χ4n) is 1.90. The number of rotatable bonds is 6. The van der Waals surface area contributed by atoms with Crippen LogP contribution in [-0.4, -0.2) is 24.4 Å². The number of ether oxygens (including phenoxy) is 1. The molecule has 18 heavy (non-hydrogen) atoms. The maximum Gasteiger partial charge on any atom is 0.125 e. The first kappa shape index (κ1) is 15.0. The van der Waals surface area contributed by atoms with Gasteiger partial charge in [0.1, 0.15) is 12.4 Å². The lowest BCUT2D eigenvalue weighted by Crippen LogP contribution is -2.31. The van der Waals surface area contributed by atoms with E-state index in [1.54, 1.807) is 6.92 Å². The monoisotopic (exact) mass is 251 g/mol. The lowest BCUT2D eigenvalue weighted by Gasteiger charge is -2.23. The summed E-state index contributed by atoms with van der Waals surface area (Å²) in [7, 11) is 1.94. The zero-order chi connectivity index (χ0) is 13.8. The molecule has 1 aromatic carbocycles. The Labute approximate surface area is 110 Å². The Bertz CT molecular complexity index is 376. The molecular formula is C15H25NO2. The number of nitrogens with one attached hydrogen (secondary N) is 1. The first-order valence-electron chi connectivity index (χ1n) is 6.49. The number of aliphatic hydroxyl groups is 1. The molecule has 0 aromatic heterocycles. The van der Waals surface area contributed by atoms with Crippen LogP contribution in [0.4, 0.5) is 0 Å². The molecule has 0 aliphatic rings. The molecule has 0 saturated carbocycles. The van der Waals surface area contributed by atoms with Gasteiger partial charge in [-0.2, -0.15) is 0 Å². The van der Waals surface area contributed by atoms with Crippen LogP contribution in [0.3, 0.4) is 0 Å². The van der Waals surface area contributed by atoms with Crippen LogP contribution in [0.2, 0.25) is 0 Å². The van der Waals surface area contributed by atoms with E-state index >= 15 is 0 Å². The Morgan fingerprint density at radius 1 is 1.28 bits per heavy atom. The van der Waals surface area contributed by atoms with Gasteiger partial charge in [-0.1, -0.05) is 19.1 Å². The number of hydrogen-bond acceptors (Lipinski definition) is 3. The van der Waals surface area contributed by atoms with Gasteiger partial charge in [0.05, 0.1) is 5.60 Å². The third kappa shape index (κ3) is 4.00. The molecule has 1 aromatic rings. The molecule has 3 heteroatoms. The first-order chi connectivity index (χ1) is 8.39. The minimum absolute atomic E-state index is 0.330. The lowest BCUT2D eigenvalue weighted by molar-refractivity contribution is 0.00807. The van der Waals surface area contributed by atoms with Crippen molar-refractivity contribution in [2.24, 2.45) is 0 Å². The second kappa shape index (κ2) is 6.21. The zero-order valence-corrected chi connectivity index (χ0v) is 12.1. The fraction of sp³-hybridized carbons (Fsp3) is 0.600. The molecule has 0 amide bonds. The van der Waals surface area contributed by atoms with Crippen molar-refractivity contribution in [2.75, 3.05) is 13.7 Å². The Kier molecular flexibility index (Phi) is 5.17. The van der Waals surface area contributed by atoms with Gasteiger partial charge in [0, 0.05) is 6.54 Å². The van der Waals surface area contributed by atoms with E-state index in [9.17, 15) is 5.11 Å². The van der Waals surface area contributed by atoms with Crippen molar-refractivity contribution in [2.45, 2.75) is 46.3 Å². The minimum atomic E-state index is -0.761. The van der Waals surface area contributed by atoms with Gasteiger partial charge in [0.25, 0.3) is 0 Å². The highest BCUT2D eigenvalue weighted by atomic mass is 16.5. The summed E-state index contributed by atoms with van der Waals surface area (Å²) in [6.07, 6.45) is 0.683. The first-order valence-corrected chi connectivity index (χ1v) is 6.49. The van der Waals surface area contributed by atoms with Crippen LogP contribution >= 0.6 is 0 Å². The fourth-order valence-corrected chi connectivity index (χ4v) is 1.90. The summed E-state index contributed by atoms with van der Waals surface area (Å²) < 4.78 is 5.79. The average molecular weight is 251 g/mol. The molecular weight excluding hydrogens is 226 g/mol. The molecule has 2 N–H and O–H groups in total. The van der Waals surface area contributed by atoms with Gasteiger partial charge < -0.3 is 15.2 Å². The van der Waals surface area contributed by atoms with Crippen LogP contribution in [0.15, 0.2) is 12.1 Å². The summed E-state index contributed by atoms with van der Waals surface area (Å²) in [6.45, 7) is 9.03. The van der Waals surface area contributed by atoms with Crippen LogP contribution < -0.4 is 10.1 Å². The van der Waals surface area contributed by atoms with Crippen molar-refractivity contribution < 1.29 is 9.84 Å². The molecule has 1 unspecified atom stereocenters. The molecule has 102 valence electrons. The number of benzene rings is 1. The normalized spacial score (nSPS) is 14.3. The highest BCUT2D eigenvalue weighted by Gasteiger charge is 2.19. The minimum Gasteiger partial charge on any atom is -0.490 e. The zero-order valence-electron chi connectivity index (χ0n) is 12.1. The summed E-state index contributed by atoms with van der Waals surface area (Å²) >= 11 is 0. The summed E-state index contributed by atoms with van der Waals surface area (Å²) in [4.78, 5) is 0. The van der Waals surface area contributed by atoms with E-state index < -0.39 is 5.60 Å². The van der Waals surface area contributed by atoms with E-state index in [2.05, 4.69) is 17.4 Å². The van der Waals surface area contributed by atoms with Crippen LogP contribution in [0, 0.1) is 13.8 Å². The third-order valence-electron chi connectivity index (χ3n) is 3.19. The number of hydrogen-bond donors (Lipinski definition) is 2. The molecule has 0 aliphatic heterocycles. The Morgan fingerprint density at radius 2 is 1.83 bits per heavy atom. The molecule has 0 fully saturated rings. The van der Waals surface area contributed by atoms with Crippen LogP contribution in [-0.2, 0) is 6.54 Å². The highest BCUT2D eigenvalue weighted by Crippen LogP contribution is 2.26. The van der Waals surface area contributed by atoms with Crippen molar-refractivity contribution in [1.29, 1.82) is 0 Å². The van der Waals surface area contributed by atoms with Gasteiger partial charge in [-0.3, -0.25) is 0 Å². The maximum absolute atomic E-state index is 9.97. The predicted octanol–water partition coefficient (Wildman–Crippen LogP) is 2.56. The molecule has 0 heterocycles. The Morgan fingerprint density at radius 3 is 2.28 bits per heavy atom. The average Bonchev–Trinajstić information content (AvgIpc) is 2.28. The van der Waals surface area contributed by atoms with Crippen molar-refractivity contribution in [3.63, 3.8) is 0 Å². The van der Waals surface area contributed by atoms with Crippen molar-refractivity contribution in [1.82, 2.24) is 5.32 Å². The molecule has 1 atom stereocenters. The molecule has 0 radical (unpaired) electrons. The largest absolute Gasteiger partial charge is 0.490 e.